The summed E-state index contributed by atoms with van der Waals surface area (Å²) in [6.45, 7) is 3.75. The number of hydrogen-bond donors (Lipinski definition) is 0. The highest BCUT2D eigenvalue weighted by Gasteiger charge is 2.34. The lowest BCUT2D eigenvalue weighted by Crippen LogP contribution is -2.40. The van der Waals surface area contributed by atoms with Crippen LogP contribution in [-0.4, -0.2) is 17.1 Å². The maximum absolute atomic E-state index is 14.0. The van der Waals surface area contributed by atoms with Crippen LogP contribution in [0, 0.1) is 11.3 Å². The fraction of sp³-hybridized carbons (Fsp3) is 0.161. The maximum Gasteiger partial charge on any atom is 0.338 e. The van der Waals surface area contributed by atoms with E-state index in [9.17, 15) is 9.59 Å². The molecule has 0 unspecified atom stereocenters. The van der Waals surface area contributed by atoms with Gasteiger partial charge in [0.1, 0.15) is 18.4 Å². The molecule has 7 nitrogen and oxygen atoms in total. The van der Waals surface area contributed by atoms with Crippen LogP contribution in [0.4, 0.5) is 0 Å². The average Bonchev–Trinajstić information content (AvgIpc) is 3.26. The van der Waals surface area contributed by atoms with Gasteiger partial charge in [-0.3, -0.25) is 9.36 Å². The molecule has 1 atom stereocenters. The van der Waals surface area contributed by atoms with Crippen molar-refractivity contribution in [2.75, 3.05) is 6.61 Å². The molecule has 1 aliphatic heterocycles. The molecular weight excluding hydrogens is 617 g/mol. The zero-order valence-corrected chi connectivity index (χ0v) is 25.4. The van der Waals surface area contributed by atoms with Gasteiger partial charge in [0.2, 0.25) is 0 Å². The Kier molecular flexibility index (Phi) is 8.85. The van der Waals surface area contributed by atoms with E-state index in [1.807, 2.05) is 0 Å². The Balaban J connectivity index is 1.64. The van der Waals surface area contributed by atoms with Crippen LogP contribution < -0.4 is 19.6 Å². The van der Waals surface area contributed by atoms with Crippen LogP contribution in [0.5, 0.6) is 5.75 Å². The Morgan fingerprint density at radius 1 is 1.12 bits per heavy atom. The normalized spacial score (nSPS) is 14.7. The molecule has 4 aromatic rings. The highest BCUT2D eigenvalue weighted by atomic mass is 35.5. The van der Waals surface area contributed by atoms with Crippen molar-refractivity contribution in [3.8, 4) is 11.8 Å². The molecule has 0 N–H and O–H groups in total. The molecule has 1 aromatic heterocycles. The van der Waals surface area contributed by atoms with Gasteiger partial charge in [0.15, 0.2) is 4.80 Å². The first-order valence-corrected chi connectivity index (χ1v) is 14.7. The predicted octanol–water partition coefficient (Wildman–Crippen LogP) is 6.21. The van der Waals surface area contributed by atoms with Crippen LogP contribution in [0.1, 0.15) is 42.1 Å². The summed E-state index contributed by atoms with van der Waals surface area (Å²) in [7, 11) is 0. The van der Waals surface area contributed by atoms with Gasteiger partial charge >= 0.3 is 5.97 Å². The number of nitrogens with zero attached hydrogens (tertiary/aromatic N) is 3. The first-order valence-electron chi connectivity index (χ1n) is 12.8. The summed E-state index contributed by atoms with van der Waals surface area (Å²) in [6.07, 6.45) is 1.64. The number of allylic oxidation sites excluding steroid dienone is 1. The molecule has 0 saturated carbocycles. The largest absolute Gasteiger partial charge is 0.487 e. The van der Waals surface area contributed by atoms with Crippen molar-refractivity contribution in [1.82, 2.24) is 4.57 Å². The number of halogens is 3. The van der Waals surface area contributed by atoms with E-state index in [0.717, 1.165) is 16.9 Å². The second-order valence-corrected chi connectivity index (χ2v) is 11.5. The summed E-state index contributed by atoms with van der Waals surface area (Å²) >= 11 is 20.6. The molecule has 0 saturated heterocycles. The predicted molar refractivity (Wildman–Crippen MR) is 164 cm³/mol. The zero-order valence-electron chi connectivity index (χ0n) is 22.4. The first-order chi connectivity index (χ1) is 20.2. The van der Waals surface area contributed by atoms with Gasteiger partial charge in [-0.25, -0.2) is 9.79 Å². The Hall–Kier alpha value is -3.87. The summed E-state index contributed by atoms with van der Waals surface area (Å²) in [6, 6.07) is 18.5. The van der Waals surface area contributed by atoms with Crippen molar-refractivity contribution in [3.05, 3.63) is 129 Å². The van der Waals surface area contributed by atoms with E-state index in [0.29, 0.717) is 47.5 Å². The molecule has 0 radical (unpaired) electrons. The van der Waals surface area contributed by atoms with E-state index in [4.69, 9.17) is 49.5 Å². The Bertz CT molecular complexity index is 1960. The number of thiazole rings is 1. The van der Waals surface area contributed by atoms with Crippen LogP contribution in [0.25, 0.3) is 6.08 Å². The van der Waals surface area contributed by atoms with Crippen LogP contribution in [0.2, 0.25) is 15.1 Å². The molecule has 11 heteroatoms. The Morgan fingerprint density at radius 2 is 1.86 bits per heavy atom. The topological polar surface area (TPSA) is 93.7 Å². The van der Waals surface area contributed by atoms with Crippen molar-refractivity contribution in [3.63, 3.8) is 0 Å². The lowest BCUT2D eigenvalue weighted by Gasteiger charge is -2.25. The fourth-order valence-electron chi connectivity index (χ4n) is 4.59. The molecular formula is C31H22Cl3N3O4S. The van der Waals surface area contributed by atoms with Crippen LogP contribution in [0.15, 0.2) is 81.7 Å². The van der Waals surface area contributed by atoms with E-state index in [1.54, 1.807) is 80.6 Å². The van der Waals surface area contributed by atoms with Gasteiger partial charge < -0.3 is 9.47 Å². The van der Waals surface area contributed by atoms with Gasteiger partial charge in [-0.2, -0.15) is 5.26 Å². The molecule has 0 aliphatic carbocycles. The van der Waals surface area contributed by atoms with Crippen molar-refractivity contribution in [2.24, 2.45) is 4.99 Å². The highest BCUT2D eigenvalue weighted by Crippen LogP contribution is 2.35. The summed E-state index contributed by atoms with van der Waals surface area (Å²) in [5.74, 6) is -0.236. The zero-order chi connectivity index (χ0) is 30.0. The molecule has 212 valence electrons. The Labute approximate surface area is 260 Å². The molecule has 1 aliphatic rings. The number of benzene rings is 3. The molecule has 42 heavy (non-hydrogen) atoms. The minimum absolute atomic E-state index is 0.163. The van der Waals surface area contributed by atoms with E-state index in [-0.39, 0.29) is 29.4 Å². The third-order valence-electron chi connectivity index (χ3n) is 6.51. The number of rotatable bonds is 7. The second kappa shape index (κ2) is 12.6. The number of aromatic nitrogens is 1. The number of nitriles is 1. The van der Waals surface area contributed by atoms with Gasteiger partial charge in [0.25, 0.3) is 5.56 Å². The summed E-state index contributed by atoms with van der Waals surface area (Å²) in [4.78, 5) is 32.1. The van der Waals surface area contributed by atoms with Gasteiger partial charge in [-0.1, -0.05) is 76.5 Å². The third kappa shape index (κ3) is 5.87. The molecule has 5 rings (SSSR count). The number of hydrogen-bond acceptors (Lipinski definition) is 7. The van der Waals surface area contributed by atoms with Crippen LogP contribution in [0.3, 0.4) is 0 Å². The van der Waals surface area contributed by atoms with E-state index in [2.05, 4.69) is 11.1 Å². The molecule has 0 spiro atoms. The number of carbonyl (C=O) groups is 1. The smallest absolute Gasteiger partial charge is 0.338 e. The van der Waals surface area contributed by atoms with E-state index >= 15 is 0 Å². The fourth-order valence-corrected chi connectivity index (χ4v) is 6.43. The quantitative estimate of drug-likeness (QED) is 0.225. The van der Waals surface area contributed by atoms with Gasteiger partial charge in [-0.15, -0.1) is 0 Å². The summed E-state index contributed by atoms with van der Waals surface area (Å²) in [5, 5.41) is 10.1. The minimum atomic E-state index is -0.841. The van der Waals surface area contributed by atoms with Crippen molar-refractivity contribution < 1.29 is 14.3 Å². The van der Waals surface area contributed by atoms with Gasteiger partial charge in [0.05, 0.1) is 39.1 Å². The number of fused-ring (bicyclic) bond motifs is 1. The molecule has 0 amide bonds. The summed E-state index contributed by atoms with van der Waals surface area (Å²) in [5.41, 5.74) is 2.71. The van der Waals surface area contributed by atoms with E-state index < -0.39 is 12.0 Å². The Morgan fingerprint density at radius 3 is 2.55 bits per heavy atom. The average molecular weight is 639 g/mol. The molecule has 2 heterocycles. The number of carbonyl (C=O) groups excluding carboxylic acids is 1. The molecule has 3 aromatic carbocycles. The summed E-state index contributed by atoms with van der Waals surface area (Å²) < 4.78 is 13.2. The monoisotopic (exact) mass is 637 g/mol. The van der Waals surface area contributed by atoms with Crippen LogP contribution in [-0.2, 0) is 16.1 Å². The second-order valence-electron chi connectivity index (χ2n) is 9.23. The van der Waals surface area contributed by atoms with Crippen molar-refractivity contribution in [2.45, 2.75) is 26.5 Å². The standard InChI is InChI=1S/C31H22Cl3N3O4S/c1-3-40-30(39)26-17(2)36-31-37(27(26)22-6-4-5-7-23(22)33)29(38)25(42-31)13-20-12-21(32)14-24(34)28(20)41-16-19-10-8-18(15-35)9-11-19/h4-14,27H,3,16H2,1-2H3/b25-13-/t27-/m0/s1. The van der Waals surface area contributed by atoms with Crippen LogP contribution >= 0.6 is 46.1 Å². The molecule has 0 fully saturated rings. The first kappa shape index (κ1) is 29.6. The van der Waals surface area contributed by atoms with Crippen molar-refractivity contribution >= 4 is 58.2 Å². The lowest BCUT2D eigenvalue weighted by atomic mass is 9.96. The SMILES string of the molecule is CCOC(=O)C1=C(C)N=c2s/c(=C\c3cc(Cl)cc(Cl)c3OCc3ccc(C#N)cc3)c(=O)n2[C@H]1c1ccccc1Cl. The molecule has 0 bridgehead atoms. The third-order valence-corrected chi connectivity index (χ3v) is 8.33. The maximum atomic E-state index is 14.0. The number of esters is 1. The van der Waals surface area contributed by atoms with Crippen molar-refractivity contribution in [1.29, 1.82) is 5.26 Å². The lowest BCUT2D eigenvalue weighted by molar-refractivity contribution is -0.139. The van der Waals surface area contributed by atoms with E-state index in [1.165, 1.54) is 4.57 Å². The number of ether oxygens (including phenoxy) is 2. The minimum Gasteiger partial charge on any atom is -0.487 e. The van der Waals surface area contributed by atoms with Gasteiger partial charge in [0, 0.05) is 15.6 Å². The van der Waals surface area contributed by atoms with Gasteiger partial charge in [-0.05, 0) is 61.4 Å². The highest BCUT2D eigenvalue weighted by molar-refractivity contribution is 7.07.